The third-order valence-corrected chi connectivity index (χ3v) is 5.34. The van der Waals surface area contributed by atoms with E-state index in [1.807, 2.05) is 25.1 Å². The number of ether oxygens (including phenoxy) is 1. The molecule has 0 aliphatic heterocycles. The molecule has 0 bridgehead atoms. The van der Waals surface area contributed by atoms with Crippen LogP contribution in [0.4, 0.5) is 4.79 Å². The molecule has 0 aromatic heterocycles. The topological polar surface area (TPSA) is 136 Å². The van der Waals surface area contributed by atoms with Gasteiger partial charge >= 0.3 is 12.1 Å². The van der Waals surface area contributed by atoms with Crippen LogP contribution in [0.2, 0.25) is 0 Å². The number of amides is 1. The zero-order chi connectivity index (χ0) is 23.7. The first kappa shape index (κ1) is 24.7. The zero-order valence-electron chi connectivity index (χ0n) is 18.1. The lowest BCUT2D eigenvalue weighted by Crippen LogP contribution is -2.52. The minimum Gasteiger partial charge on any atom is -0.475 e. The smallest absolute Gasteiger partial charge is 0.408 e. The van der Waals surface area contributed by atoms with E-state index in [1.165, 1.54) is 0 Å². The summed E-state index contributed by atoms with van der Waals surface area (Å²) in [5.74, 6) is -5.11. The number of carbonyl (C=O) groups excluding carboxylic acids is 3. The van der Waals surface area contributed by atoms with Crippen LogP contribution in [0.5, 0.6) is 0 Å². The summed E-state index contributed by atoms with van der Waals surface area (Å²) in [4.78, 5) is 49.3. The molecule has 1 amide bonds. The number of ketones is 2. The highest BCUT2D eigenvalue weighted by atomic mass is 16.5. The van der Waals surface area contributed by atoms with Crippen molar-refractivity contribution < 1.29 is 29.0 Å². The first-order valence-corrected chi connectivity index (χ1v) is 10.3. The molecule has 8 heteroatoms. The molecule has 32 heavy (non-hydrogen) atoms. The number of carboxylic acids is 1. The number of aliphatic carboxylic acids is 1. The van der Waals surface area contributed by atoms with Crippen LogP contribution < -0.4 is 11.1 Å². The summed E-state index contributed by atoms with van der Waals surface area (Å²) in [6.45, 7) is 3.64. The van der Waals surface area contributed by atoms with Crippen molar-refractivity contribution in [3.05, 3.63) is 71.8 Å². The van der Waals surface area contributed by atoms with E-state index in [0.29, 0.717) is 12.0 Å². The average Bonchev–Trinajstić information content (AvgIpc) is 2.81. The molecule has 0 aliphatic carbocycles. The standard InChI is InChI=1S/C24H28N2O6/c1-3-15(2)20(26-24(31)32-14-16-10-6-4-7-11-16)21(27)18(17-12-8-5-9-13-17)19(25)22(28)23(29)30/h4-13,15,18-20H,3,14,25H2,1-2H3,(H,26,31)(H,29,30)/t15-,18?,19-,20-/m0/s1. The largest absolute Gasteiger partial charge is 0.475 e. The van der Waals surface area contributed by atoms with Crippen molar-refractivity contribution >= 4 is 23.6 Å². The van der Waals surface area contributed by atoms with Crippen molar-refractivity contribution in [3.8, 4) is 0 Å². The minimum atomic E-state index is -1.72. The lowest BCUT2D eigenvalue weighted by molar-refractivity contribution is -0.150. The van der Waals surface area contributed by atoms with Gasteiger partial charge in [0, 0.05) is 0 Å². The van der Waals surface area contributed by atoms with E-state index in [2.05, 4.69) is 5.32 Å². The molecule has 0 aliphatic rings. The third-order valence-electron chi connectivity index (χ3n) is 5.34. The number of benzene rings is 2. The zero-order valence-corrected chi connectivity index (χ0v) is 18.1. The summed E-state index contributed by atoms with van der Waals surface area (Å²) in [7, 11) is 0. The summed E-state index contributed by atoms with van der Waals surface area (Å²) in [5.41, 5.74) is 7.12. The van der Waals surface area contributed by atoms with Crippen LogP contribution in [0, 0.1) is 5.92 Å². The molecule has 4 atom stereocenters. The van der Waals surface area contributed by atoms with Crippen molar-refractivity contribution in [1.29, 1.82) is 0 Å². The SMILES string of the molecule is CC[C@H](C)[C@H](NC(=O)OCc1ccccc1)C(=O)C(c1ccccc1)[C@H](N)C(=O)C(=O)O. The maximum atomic E-state index is 13.5. The van der Waals surface area contributed by atoms with Gasteiger partial charge in [0.1, 0.15) is 6.61 Å². The third kappa shape index (κ3) is 6.49. The predicted molar refractivity (Wildman–Crippen MR) is 118 cm³/mol. The Morgan fingerprint density at radius 2 is 1.56 bits per heavy atom. The molecular formula is C24H28N2O6. The maximum Gasteiger partial charge on any atom is 0.408 e. The van der Waals surface area contributed by atoms with E-state index < -0.39 is 41.6 Å². The molecule has 2 rings (SSSR count). The van der Waals surface area contributed by atoms with Gasteiger partial charge in [-0.2, -0.15) is 0 Å². The number of carboxylic acid groups (broad SMARTS) is 1. The molecule has 0 saturated heterocycles. The first-order chi connectivity index (χ1) is 15.3. The fourth-order valence-corrected chi connectivity index (χ4v) is 3.32. The lowest BCUT2D eigenvalue weighted by atomic mass is 9.80. The average molecular weight is 440 g/mol. The lowest BCUT2D eigenvalue weighted by Gasteiger charge is -2.29. The van der Waals surface area contributed by atoms with E-state index in [0.717, 1.165) is 5.56 Å². The monoisotopic (exact) mass is 440 g/mol. The first-order valence-electron chi connectivity index (χ1n) is 10.3. The maximum absolute atomic E-state index is 13.5. The van der Waals surface area contributed by atoms with Crippen molar-refractivity contribution in [2.45, 2.75) is 44.9 Å². The van der Waals surface area contributed by atoms with Crippen molar-refractivity contribution in [1.82, 2.24) is 5.32 Å². The fourth-order valence-electron chi connectivity index (χ4n) is 3.32. The molecular weight excluding hydrogens is 412 g/mol. The molecule has 0 radical (unpaired) electrons. The number of nitrogens with one attached hydrogen (secondary N) is 1. The summed E-state index contributed by atoms with van der Waals surface area (Å²) < 4.78 is 5.24. The normalized spacial score (nSPS) is 14.5. The van der Waals surface area contributed by atoms with Crippen LogP contribution in [-0.4, -0.2) is 40.8 Å². The molecule has 0 fully saturated rings. The van der Waals surface area contributed by atoms with Gasteiger partial charge in [-0.15, -0.1) is 0 Å². The molecule has 2 aromatic carbocycles. The summed E-state index contributed by atoms with van der Waals surface area (Å²) in [6, 6.07) is 14.7. The number of nitrogens with two attached hydrogens (primary N) is 1. The second-order valence-corrected chi connectivity index (χ2v) is 7.56. The number of alkyl carbamates (subject to hydrolysis) is 1. The van der Waals surface area contributed by atoms with Gasteiger partial charge in [0.25, 0.3) is 5.78 Å². The van der Waals surface area contributed by atoms with E-state index in [1.54, 1.807) is 49.4 Å². The fraction of sp³-hybridized carbons (Fsp3) is 0.333. The highest BCUT2D eigenvalue weighted by Gasteiger charge is 2.40. The Balaban J connectivity index is 2.27. The summed E-state index contributed by atoms with van der Waals surface area (Å²) >= 11 is 0. The van der Waals surface area contributed by atoms with Crippen LogP contribution >= 0.6 is 0 Å². The van der Waals surface area contributed by atoms with Gasteiger partial charge in [0.15, 0.2) is 5.78 Å². The van der Waals surface area contributed by atoms with Gasteiger partial charge in [-0.25, -0.2) is 9.59 Å². The van der Waals surface area contributed by atoms with E-state index in [4.69, 9.17) is 15.6 Å². The van der Waals surface area contributed by atoms with E-state index in [-0.39, 0.29) is 12.5 Å². The highest BCUT2D eigenvalue weighted by Crippen LogP contribution is 2.25. The molecule has 0 spiro atoms. The quantitative estimate of drug-likeness (QED) is 0.457. The Morgan fingerprint density at radius 1 is 1.00 bits per heavy atom. The molecule has 170 valence electrons. The van der Waals surface area contributed by atoms with Crippen molar-refractivity contribution in [3.63, 3.8) is 0 Å². The second kappa shape index (κ2) is 11.8. The number of rotatable bonds is 11. The molecule has 8 nitrogen and oxygen atoms in total. The number of carbonyl (C=O) groups is 4. The van der Waals surface area contributed by atoms with Gasteiger partial charge in [-0.3, -0.25) is 9.59 Å². The molecule has 4 N–H and O–H groups in total. The van der Waals surface area contributed by atoms with Gasteiger partial charge < -0.3 is 20.9 Å². The Morgan fingerprint density at radius 3 is 2.09 bits per heavy atom. The Hall–Kier alpha value is -3.52. The second-order valence-electron chi connectivity index (χ2n) is 7.56. The molecule has 2 aromatic rings. The van der Waals surface area contributed by atoms with E-state index >= 15 is 0 Å². The molecule has 0 heterocycles. The van der Waals surface area contributed by atoms with Crippen LogP contribution in [0.3, 0.4) is 0 Å². The molecule has 0 saturated carbocycles. The Kier molecular flexibility index (Phi) is 9.09. The predicted octanol–water partition coefficient (Wildman–Crippen LogP) is 2.66. The van der Waals surface area contributed by atoms with Crippen LogP contribution in [0.25, 0.3) is 0 Å². The van der Waals surface area contributed by atoms with Crippen LogP contribution in [-0.2, 0) is 25.7 Å². The van der Waals surface area contributed by atoms with Gasteiger partial charge in [-0.1, -0.05) is 80.9 Å². The van der Waals surface area contributed by atoms with E-state index in [9.17, 15) is 19.2 Å². The van der Waals surface area contributed by atoms with Crippen LogP contribution in [0.1, 0.15) is 37.3 Å². The minimum absolute atomic E-state index is 0.0210. The van der Waals surface area contributed by atoms with Crippen molar-refractivity contribution in [2.75, 3.05) is 0 Å². The van der Waals surface area contributed by atoms with Crippen molar-refractivity contribution in [2.24, 2.45) is 11.7 Å². The molecule has 1 unspecified atom stereocenters. The van der Waals surface area contributed by atoms with Gasteiger partial charge in [0.2, 0.25) is 0 Å². The van der Waals surface area contributed by atoms with Crippen LogP contribution in [0.15, 0.2) is 60.7 Å². The Bertz CT molecular complexity index is 932. The number of hydrogen-bond donors (Lipinski definition) is 3. The summed E-state index contributed by atoms with van der Waals surface area (Å²) in [5, 5.41) is 11.7. The van der Waals surface area contributed by atoms with Gasteiger partial charge in [0.05, 0.1) is 18.0 Å². The summed E-state index contributed by atoms with van der Waals surface area (Å²) in [6.07, 6.45) is -0.253. The van der Waals surface area contributed by atoms with Gasteiger partial charge in [-0.05, 0) is 17.0 Å². The number of Topliss-reactive ketones (excluding diaryl/α,β-unsaturated/α-hetero) is 2. The Labute approximate surface area is 186 Å². The number of hydrogen-bond acceptors (Lipinski definition) is 6. The highest BCUT2D eigenvalue weighted by molar-refractivity contribution is 6.35.